The molecular formula is C29H27ClF3N5O4S. The maximum atomic E-state index is 10.6. The summed E-state index contributed by atoms with van der Waals surface area (Å²) in [5.74, 6) is -1.41. The largest absolute Gasteiger partial charge is 0.490 e. The molecule has 0 atom stereocenters. The molecule has 9 nitrogen and oxygen atoms in total. The van der Waals surface area contributed by atoms with Crippen molar-refractivity contribution in [3.8, 4) is 5.75 Å². The van der Waals surface area contributed by atoms with Crippen LogP contribution in [-0.4, -0.2) is 59.0 Å². The lowest BCUT2D eigenvalue weighted by Crippen LogP contribution is -2.21. The van der Waals surface area contributed by atoms with Crippen molar-refractivity contribution >= 4 is 60.7 Å². The molecular weight excluding hydrogens is 607 g/mol. The number of carbonyl (C=O) groups is 1. The Balaban J connectivity index is 0.000000541. The molecule has 14 heteroatoms. The maximum Gasteiger partial charge on any atom is 0.490 e. The van der Waals surface area contributed by atoms with Crippen molar-refractivity contribution in [1.82, 2.24) is 20.3 Å². The molecule has 2 aromatic carbocycles. The Labute approximate surface area is 253 Å². The number of alkyl halides is 3. The van der Waals surface area contributed by atoms with Gasteiger partial charge in [-0.05, 0) is 54.9 Å². The third-order valence-corrected chi connectivity index (χ3v) is 7.30. The minimum atomic E-state index is -5.08. The van der Waals surface area contributed by atoms with Crippen molar-refractivity contribution in [2.24, 2.45) is 0 Å². The standard InChI is InChI=1S/C27H26ClN5O2S.C2HF3O2/c1-34-13-12-29-11-9-18-5-7-21-24(14-18)36-27-25(21)26(31-17-32-27)33-19-6-8-23(22(28)15-19)35-16-20-4-2-3-10-30-20;3-2(4,5)1(6)7/h2-8,10,14-15,17,29H,9,11-13,16H2,1H3,(H,31,32,33);(H,6,7). The fourth-order valence-electron chi connectivity index (χ4n) is 3.90. The molecule has 0 bridgehead atoms. The van der Waals surface area contributed by atoms with E-state index in [0.717, 1.165) is 58.9 Å². The molecule has 0 amide bonds. The van der Waals surface area contributed by atoms with E-state index in [2.05, 4.69) is 43.8 Å². The monoisotopic (exact) mass is 633 g/mol. The van der Waals surface area contributed by atoms with Crippen molar-refractivity contribution in [2.45, 2.75) is 19.2 Å². The summed E-state index contributed by atoms with van der Waals surface area (Å²) in [6.45, 7) is 2.84. The number of halogens is 4. The Morgan fingerprint density at radius 1 is 1.07 bits per heavy atom. The molecule has 5 rings (SSSR count). The van der Waals surface area contributed by atoms with Crippen LogP contribution in [0.5, 0.6) is 5.75 Å². The molecule has 226 valence electrons. The first-order valence-electron chi connectivity index (χ1n) is 12.9. The molecule has 0 spiro atoms. The minimum Gasteiger partial charge on any atom is -0.486 e. The molecule has 3 aromatic heterocycles. The number of rotatable bonds is 11. The second-order valence-corrected chi connectivity index (χ2v) is 10.4. The molecule has 0 aliphatic carbocycles. The number of hydrogen-bond donors (Lipinski definition) is 3. The van der Waals surface area contributed by atoms with Crippen LogP contribution in [0.2, 0.25) is 5.02 Å². The number of carboxylic acid groups (broad SMARTS) is 1. The number of hydrogen-bond acceptors (Lipinski definition) is 9. The van der Waals surface area contributed by atoms with E-state index in [9.17, 15) is 13.2 Å². The fraction of sp³-hybridized carbons (Fsp3) is 0.241. The average molecular weight is 634 g/mol. The number of carboxylic acids is 1. The number of fused-ring (bicyclic) bond motifs is 3. The van der Waals surface area contributed by atoms with Crippen molar-refractivity contribution in [1.29, 1.82) is 0 Å². The van der Waals surface area contributed by atoms with Gasteiger partial charge in [0.1, 0.15) is 29.3 Å². The van der Waals surface area contributed by atoms with E-state index in [1.807, 2.05) is 36.4 Å². The maximum absolute atomic E-state index is 10.6. The number of aliphatic carboxylic acids is 1. The van der Waals surface area contributed by atoms with Crippen LogP contribution in [-0.2, 0) is 22.6 Å². The second kappa shape index (κ2) is 14.9. The van der Waals surface area contributed by atoms with Gasteiger partial charge in [-0.25, -0.2) is 14.8 Å². The molecule has 0 saturated carbocycles. The number of aromatic nitrogens is 3. The van der Waals surface area contributed by atoms with E-state index < -0.39 is 12.1 Å². The highest BCUT2D eigenvalue weighted by atomic mass is 35.5. The lowest BCUT2D eigenvalue weighted by molar-refractivity contribution is -0.192. The second-order valence-electron chi connectivity index (χ2n) is 9.01. The van der Waals surface area contributed by atoms with Gasteiger partial charge in [0.05, 0.1) is 22.7 Å². The Bertz CT molecular complexity index is 1670. The first-order valence-corrected chi connectivity index (χ1v) is 14.1. The van der Waals surface area contributed by atoms with Crippen LogP contribution in [0.15, 0.2) is 67.1 Å². The number of benzene rings is 2. The van der Waals surface area contributed by atoms with Gasteiger partial charge >= 0.3 is 12.1 Å². The van der Waals surface area contributed by atoms with Crippen LogP contribution in [0.25, 0.3) is 20.3 Å². The summed E-state index contributed by atoms with van der Waals surface area (Å²) in [6, 6.07) is 17.9. The molecule has 0 unspecified atom stereocenters. The summed E-state index contributed by atoms with van der Waals surface area (Å²) in [6.07, 6.45) is -0.795. The molecule has 0 fully saturated rings. The van der Waals surface area contributed by atoms with E-state index in [-0.39, 0.29) is 0 Å². The van der Waals surface area contributed by atoms with Gasteiger partial charge < -0.3 is 25.2 Å². The number of methoxy groups -OCH3 is 1. The zero-order valence-corrected chi connectivity index (χ0v) is 24.4. The minimum absolute atomic E-state index is 0.353. The first-order chi connectivity index (χ1) is 20.7. The number of ether oxygens (including phenoxy) is 2. The third kappa shape index (κ3) is 8.97. The molecule has 0 saturated heterocycles. The van der Waals surface area contributed by atoms with Crippen LogP contribution in [0.3, 0.4) is 0 Å². The third-order valence-electron chi connectivity index (χ3n) is 5.95. The normalized spacial score (nSPS) is 11.3. The summed E-state index contributed by atoms with van der Waals surface area (Å²) in [7, 11) is 1.71. The van der Waals surface area contributed by atoms with Gasteiger partial charge in [-0.15, -0.1) is 11.3 Å². The fourth-order valence-corrected chi connectivity index (χ4v) is 5.24. The van der Waals surface area contributed by atoms with Gasteiger partial charge in [0.25, 0.3) is 0 Å². The van der Waals surface area contributed by atoms with Crippen molar-refractivity contribution in [2.75, 3.05) is 32.1 Å². The summed E-state index contributed by atoms with van der Waals surface area (Å²) in [5.41, 5.74) is 2.95. The van der Waals surface area contributed by atoms with Gasteiger partial charge in [-0.3, -0.25) is 4.98 Å². The Morgan fingerprint density at radius 2 is 1.88 bits per heavy atom. The number of nitrogens with zero attached hydrogens (tertiary/aromatic N) is 3. The highest BCUT2D eigenvalue weighted by Gasteiger charge is 2.38. The predicted octanol–water partition coefficient (Wildman–Crippen LogP) is 6.63. The SMILES string of the molecule is COCCNCCc1ccc2c(c1)sc1ncnc(Nc3ccc(OCc4ccccn4)c(Cl)c3)c12.O=C(O)C(F)(F)F. The first kappa shape index (κ1) is 31.9. The quantitative estimate of drug-likeness (QED) is 0.138. The van der Waals surface area contributed by atoms with Crippen LogP contribution >= 0.6 is 22.9 Å². The topological polar surface area (TPSA) is 118 Å². The Kier molecular flexibility index (Phi) is 11.1. The van der Waals surface area contributed by atoms with Crippen LogP contribution < -0.4 is 15.4 Å². The van der Waals surface area contributed by atoms with Gasteiger partial charge in [-0.2, -0.15) is 13.2 Å². The molecule has 0 radical (unpaired) electrons. The smallest absolute Gasteiger partial charge is 0.486 e. The molecule has 43 heavy (non-hydrogen) atoms. The lowest BCUT2D eigenvalue weighted by atomic mass is 10.1. The number of thiophene rings is 1. The lowest BCUT2D eigenvalue weighted by Gasteiger charge is -2.11. The summed E-state index contributed by atoms with van der Waals surface area (Å²) in [4.78, 5) is 23.2. The van der Waals surface area contributed by atoms with E-state index in [1.165, 1.54) is 10.3 Å². The van der Waals surface area contributed by atoms with Crippen LogP contribution in [0.1, 0.15) is 11.3 Å². The molecule has 0 aliphatic heterocycles. The highest BCUT2D eigenvalue weighted by Crippen LogP contribution is 2.38. The molecule has 0 aliphatic rings. The van der Waals surface area contributed by atoms with Gasteiger partial charge in [-0.1, -0.05) is 29.8 Å². The Morgan fingerprint density at radius 3 is 2.58 bits per heavy atom. The average Bonchev–Trinajstić information content (AvgIpc) is 3.36. The number of pyridine rings is 1. The van der Waals surface area contributed by atoms with Crippen molar-refractivity contribution in [3.63, 3.8) is 0 Å². The van der Waals surface area contributed by atoms with E-state index in [1.54, 1.807) is 31.0 Å². The van der Waals surface area contributed by atoms with Crippen molar-refractivity contribution < 1.29 is 32.5 Å². The van der Waals surface area contributed by atoms with Crippen molar-refractivity contribution in [3.05, 3.63) is 83.4 Å². The predicted molar refractivity (Wildman–Crippen MR) is 160 cm³/mol. The summed E-state index contributed by atoms with van der Waals surface area (Å²) >= 11 is 8.19. The van der Waals surface area contributed by atoms with Crippen LogP contribution in [0.4, 0.5) is 24.7 Å². The van der Waals surface area contributed by atoms with E-state index >= 15 is 0 Å². The van der Waals surface area contributed by atoms with E-state index in [4.69, 9.17) is 31.0 Å². The number of anilines is 2. The zero-order chi connectivity index (χ0) is 30.8. The number of nitrogens with one attached hydrogen (secondary N) is 2. The van der Waals surface area contributed by atoms with Gasteiger partial charge in [0.2, 0.25) is 0 Å². The van der Waals surface area contributed by atoms with E-state index in [0.29, 0.717) is 17.4 Å². The molecule has 3 N–H and O–H groups in total. The Hall–Kier alpha value is -4.04. The van der Waals surface area contributed by atoms with Gasteiger partial charge in [0, 0.05) is 35.6 Å². The zero-order valence-electron chi connectivity index (χ0n) is 22.8. The highest BCUT2D eigenvalue weighted by molar-refractivity contribution is 7.25. The molecule has 5 aromatic rings. The van der Waals surface area contributed by atoms with Gasteiger partial charge in [0.15, 0.2) is 0 Å². The molecule has 3 heterocycles. The van der Waals surface area contributed by atoms with Crippen LogP contribution in [0, 0.1) is 0 Å². The summed E-state index contributed by atoms with van der Waals surface area (Å²) in [5, 5.41) is 16.6. The summed E-state index contributed by atoms with van der Waals surface area (Å²) < 4.78 is 43.9.